The first-order valence-corrected chi connectivity index (χ1v) is 8.51. The molecule has 1 aromatic heterocycles. The van der Waals surface area contributed by atoms with Crippen LogP contribution in [-0.4, -0.2) is 10.9 Å². The number of hydrogen-bond acceptors (Lipinski definition) is 4. The minimum Gasteiger partial charge on any atom is -0.351 e. The van der Waals surface area contributed by atoms with E-state index in [0.29, 0.717) is 13.1 Å². The van der Waals surface area contributed by atoms with Crippen molar-refractivity contribution in [3.63, 3.8) is 0 Å². The molecule has 1 unspecified atom stereocenters. The van der Waals surface area contributed by atoms with Crippen LogP contribution in [0.3, 0.4) is 0 Å². The van der Waals surface area contributed by atoms with Crippen molar-refractivity contribution in [2.45, 2.75) is 45.2 Å². The van der Waals surface area contributed by atoms with Crippen LogP contribution in [0.5, 0.6) is 0 Å². The molecule has 1 amide bonds. The number of nitrogens with one attached hydrogen (secondary N) is 1. The van der Waals surface area contributed by atoms with Gasteiger partial charge in [-0.25, -0.2) is 4.98 Å². The van der Waals surface area contributed by atoms with E-state index in [0.717, 1.165) is 41.1 Å². The first-order valence-electron chi connectivity index (χ1n) is 7.69. The predicted molar refractivity (Wildman–Crippen MR) is 88.7 cm³/mol. The Balaban J connectivity index is 1.65. The van der Waals surface area contributed by atoms with Crippen molar-refractivity contribution in [1.82, 2.24) is 10.3 Å². The van der Waals surface area contributed by atoms with E-state index in [1.165, 1.54) is 4.88 Å². The number of aromatic nitrogens is 1. The molecule has 0 saturated carbocycles. The standard InChI is InChI=1S/C17H21N3OS/c1-11-20-16-14(3-2-4-15(16)22-11)17(21)19-10-13-7-5-12(9-18)6-8-13/h5-8,14H,2-4,9-10,18H2,1H3,(H,19,21). The third kappa shape index (κ3) is 3.20. The summed E-state index contributed by atoms with van der Waals surface area (Å²) in [5.41, 5.74) is 8.79. The van der Waals surface area contributed by atoms with Gasteiger partial charge in [0.15, 0.2) is 0 Å². The Morgan fingerprint density at radius 2 is 2.09 bits per heavy atom. The topological polar surface area (TPSA) is 68.0 Å². The quantitative estimate of drug-likeness (QED) is 0.911. The van der Waals surface area contributed by atoms with Gasteiger partial charge in [0.05, 0.1) is 16.6 Å². The molecule has 5 heteroatoms. The molecule has 1 aliphatic carbocycles. The minimum atomic E-state index is -0.0861. The van der Waals surface area contributed by atoms with Gasteiger partial charge >= 0.3 is 0 Å². The second-order valence-corrected chi connectivity index (χ2v) is 7.01. The molecule has 0 fully saturated rings. The molecular weight excluding hydrogens is 294 g/mol. The van der Waals surface area contributed by atoms with E-state index >= 15 is 0 Å². The van der Waals surface area contributed by atoms with Gasteiger partial charge in [-0.3, -0.25) is 4.79 Å². The van der Waals surface area contributed by atoms with E-state index in [2.05, 4.69) is 10.3 Å². The smallest absolute Gasteiger partial charge is 0.229 e. The maximum absolute atomic E-state index is 12.5. The van der Waals surface area contributed by atoms with Crippen molar-refractivity contribution < 1.29 is 4.79 Å². The Labute approximate surface area is 134 Å². The molecule has 0 saturated heterocycles. The third-order valence-corrected chi connectivity index (χ3v) is 5.15. The summed E-state index contributed by atoms with van der Waals surface area (Å²) in [6, 6.07) is 8.04. The van der Waals surface area contributed by atoms with Gasteiger partial charge in [0.1, 0.15) is 0 Å². The molecule has 3 rings (SSSR count). The van der Waals surface area contributed by atoms with Crippen LogP contribution in [-0.2, 0) is 24.3 Å². The number of benzene rings is 1. The summed E-state index contributed by atoms with van der Waals surface area (Å²) in [7, 11) is 0. The van der Waals surface area contributed by atoms with E-state index in [9.17, 15) is 4.79 Å². The Hall–Kier alpha value is -1.72. The van der Waals surface area contributed by atoms with Crippen LogP contribution in [0.4, 0.5) is 0 Å². The number of amides is 1. The number of hydrogen-bond donors (Lipinski definition) is 2. The van der Waals surface area contributed by atoms with Crippen molar-refractivity contribution in [1.29, 1.82) is 0 Å². The van der Waals surface area contributed by atoms with Crippen molar-refractivity contribution >= 4 is 17.2 Å². The molecule has 0 spiro atoms. The molecule has 3 N–H and O–H groups in total. The first kappa shape index (κ1) is 15.2. The summed E-state index contributed by atoms with van der Waals surface area (Å²) in [5, 5.41) is 4.11. The first-order chi connectivity index (χ1) is 10.7. The lowest BCUT2D eigenvalue weighted by Crippen LogP contribution is -2.31. The van der Waals surface area contributed by atoms with Gasteiger partial charge in [0.2, 0.25) is 5.91 Å². The summed E-state index contributed by atoms with van der Waals surface area (Å²) in [5.74, 6) is 0.00571. The average Bonchev–Trinajstić information content (AvgIpc) is 2.93. The fourth-order valence-electron chi connectivity index (χ4n) is 2.90. The predicted octanol–water partition coefficient (Wildman–Crippen LogP) is 2.65. The van der Waals surface area contributed by atoms with Crippen LogP contribution in [0, 0.1) is 6.92 Å². The largest absolute Gasteiger partial charge is 0.351 e. The zero-order chi connectivity index (χ0) is 15.5. The molecule has 1 atom stereocenters. The van der Waals surface area contributed by atoms with Gasteiger partial charge in [0.25, 0.3) is 0 Å². The minimum absolute atomic E-state index is 0.0861. The number of nitrogens with two attached hydrogens (primary N) is 1. The number of thiazole rings is 1. The summed E-state index contributed by atoms with van der Waals surface area (Å²) in [6.07, 6.45) is 3.03. The molecule has 22 heavy (non-hydrogen) atoms. The molecular formula is C17H21N3OS. The van der Waals surface area contributed by atoms with Crippen LogP contribution in [0.25, 0.3) is 0 Å². The lowest BCUT2D eigenvalue weighted by Gasteiger charge is -2.20. The SMILES string of the molecule is Cc1nc2c(s1)CCCC2C(=O)NCc1ccc(CN)cc1. The average molecular weight is 315 g/mol. The van der Waals surface area contributed by atoms with E-state index < -0.39 is 0 Å². The van der Waals surface area contributed by atoms with Crippen LogP contribution < -0.4 is 11.1 Å². The molecule has 1 aromatic carbocycles. The third-order valence-electron chi connectivity index (χ3n) is 4.10. The second-order valence-electron chi connectivity index (χ2n) is 5.72. The van der Waals surface area contributed by atoms with Gasteiger partial charge in [-0.15, -0.1) is 11.3 Å². The summed E-state index contributed by atoms with van der Waals surface area (Å²) < 4.78 is 0. The number of nitrogens with zero attached hydrogens (tertiary/aromatic N) is 1. The van der Waals surface area contributed by atoms with Gasteiger partial charge in [-0.1, -0.05) is 24.3 Å². The number of carbonyl (C=O) groups is 1. The molecule has 1 heterocycles. The van der Waals surface area contributed by atoms with Crippen molar-refractivity contribution in [2.75, 3.05) is 0 Å². The van der Waals surface area contributed by atoms with Crippen molar-refractivity contribution in [3.05, 3.63) is 51.0 Å². The highest BCUT2D eigenvalue weighted by Gasteiger charge is 2.29. The van der Waals surface area contributed by atoms with Crippen LogP contribution in [0.1, 0.15) is 45.5 Å². The van der Waals surface area contributed by atoms with E-state index in [1.54, 1.807) is 11.3 Å². The monoisotopic (exact) mass is 315 g/mol. The summed E-state index contributed by atoms with van der Waals surface area (Å²) >= 11 is 1.73. The fraction of sp³-hybridized carbons (Fsp3) is 0.412. The summed E-state index contributed by atoms with van der Waals surface area (Å²) in [6.45, 7) is 3.11. The van der Waals surface area contributed by atoms with Crippen LogP contribution in [0.2, 0.25) is 0 Å². The fourth-order valence-corrected chi connectivity index (χ4v) is 3.94. The van der Waals surface area contributed by atoms with Crippen molar-refractivity contribution in [2.24, 2.45) is 5.73 Å². The Kier molecular flexibility index (Phi) is 4.55. The molecule has 4 nitrogen and oxygen atoms in total. The maximum Gasteiger partial charge on any atom is 0.229 e. The normalized spacial score (nSPS) is 17.1. The van der Waals surface area contributed by atoms with Crippen LogP contribution >= 0.6 is 11.3 Å². The van der Waals surface area contributed by atoms with Crippen LogP contribution in [0.15, 0.2) is 24.3 Å². The molecule has 1 aliphatic rings. The van der Waals surface area contributed by atoms with Gasteiger partial charge < -0.3 is 11.1 Å². The van der Waals surface area contributed by atoms with E-state index in [1.807, 2.05) is 31.2 Å². The van der Waals surface area contributed by atoms with E-state index in [4.69, 9.17) is 5.73 Å². The lowest BCUT2D eigenvalue weighted by atomic mass is 9.90. The van der Waals surface area contributed by atoms with Gasteiger partial charge in [-0.2, -0.15) is 0 Å². The lowest BCUT2D eigenvalue weighted by molar-refractivity contribution is -0.123. The molecule has 0 radical (unpaired) electrons. The molecule has 0 bridgehead atoms. The summed E-state index contributed by atoms with van der Waals surface area (Å²) in [4.78, 5) is 18.4. The molecule has 116 valence electrons. The zero-order valence-electron chi connectivity index (χ0n) is 12.8. The van der Waals surface area contributed by atoms with E-state index in [-0.39, 0.29) is 11.8 Å². The second kappa shape index (κ2) is 6.58. The Morgan fingerprint density at radius 3 is 2.82 bits per heavy atom. The number of fused-ring (bicyclic) bond motifs is 1. The number of aryl methyl sites for hydroxylation is 2. The highest BCUT2D eigenvalue weighted by atomic mass is 32.1. The van der Waals surface area contributed by atoms with Gasteiger partial charge in [-0.05, 0) is 37.3 Å². The highest BCUT2D eigenvalue weighted by molar-refractivity contribution is 7.11. The Morgan fingerprint density at radius 1 is 1.36 bits per heavy atom. The zero-order valence-corrected chi connectivity index (χ0v) is 13.6. The highest BCUT2D eigenvalue weighted by Crippen LogP contribution is 2.34. The van der Waals surface area contributed by atoms with Crippen molar-refractivity contribution in [3.8, 4) is 0 Å². The maximum atomic E-state index is 12.5. The number of carbonyl (C=O) groups excluding carboxylic acids is 1. The molecule has 0 aliphatic heterocycles. The van der Waals surface area contributed by atoms with Gasteiger partial charge in [0, 0.05) is 18.0 Å². The Bertz CT molecular complexity index is 663. The number of rotatable bonds is 4. The molecule has 2 aromatic rings.